The molecule has 6 nitrogen and oxygen atoms in total. The molecule has 0 radical (unpaired) electrons. The first-order valence-electron chi connectivity index (χ1n) is 35.1. The monoisotopic (exact) mass is 1130 g/mol. The van der Waals surface area contributed by atoms with Crippen LogP contribution in [0.3, 0.4) is 0 Å². The third-order valence-corrected chi connectivity index (χ3v) is 15.4. The predicted molar refractivity (Wildman–Crippen MR) is 353 cm³/mol. The van der Waals surface area contributed by atoms with Crippen molar-refractivity contribution in [3.63, 3.8) is 0 Å². The second kappa shape index (κ2) is 69.1. The topological polar surface area (TPSA) is 78.9 Å². The largest absolute Gasteiger partial charge is 0.462 e. The molecule has 0 heterocycles. The molecule has 0 aliphatic rings. The van der Waals surface area contributed by atoms with Crippen LogP contribution in [-0.2, 0) is 28.6 Å². The average molecular weight is 1130 g/mol. The molecule has 0 aliphatic heterocycles. The molecule has 0 rings (SSSR count). The van der Waals surface area contributed by atoms with Gasteiger partial charge in [-0.3, -0.25) is 14.4 Å². The van der Waals surface area contributed by atoms with Gasteiger partial charge in [-0.2, -0.15) is 0 Å². The zero-order chi connectivity index (χ0) is 58.5. The molecule has 0 amide bonds. The molecule has 0 saturated carbocycles. The lowest BCUT2D eigenvalue weighted by atomic mass is 10.0. The van der Waals surface area contributed by atoms with Gasteiger partial charge in [-0.15, -0.1) is 0 Å². The highest BCUT2D eigenvalue weighted by Crippen LogP contribution is 2.18. The molecular formula is C75H132O6. The molecule has 0 bridgehead atoms. The van der Waals surface area contributed by atoms with Gasteiger partial charge in [-0.05, 0) is 89.9 Å². The minimum absolute atomic E-state index is 0.0776. The summed E-state index contributed by atoms with van der Waals surface area (Å²) >= 11 is 0. The zero-order valence-electron chi connectivity index (χ0n) is 53.8. The SMILES string of the molecule is CC/C=C\C/C=C\C/C=C\C/C=C\C/C=C\CCCCCCCCCCCCCCCC(=O)OCC(COC(=O)CCCCCCC/C=C\C/C=C\CCC)OC(=O)CCCCCCCCCCCCCCCCCCCCCCC. The predicted octanol–water partition coefficient (Wildman–Crippen LogP) is 24.2. The highest BCUT2D eigenvalue weighted by Gasteiger charge is 2.19. The molecular weight excluding hydrogens is 997 g/mol. The molecule has 468 valence electrons. The zero-order valence-corrected chi connectivity index (χ0v) is 53.8. The summed E-state index contributed by atoms with van der Waals surface area (Å²) in [5, 5.41) is 0. The van der Waals surface area contributed by atoms with E-state index in [0.717, 1.165) is 116 Å². The van der Waals surface area contributed by atoms with Crippen molar-refractivity contribution < 1.29 is 28.6 Å². The van der Waals surface area contributed by atoms with Gasteiger partial charge in [0.25, 0.3) is 0 Å². The van der Waals surface area contributed by atoms with E-state index in [2.05, 4.69) is 106 Å². The Morgan fingerprint density at radius 1 is 0.259 bits per heavy atom. The Morgan fingerprint density at radius 3 is 0.802 bits per heavy atom. The highest BCUT2D eigenvalue weighted by atomic mass is 16.6. The third kappa shape index (κ3) is 67.3. The first-order valence-corrected chi connectivity index (χ1v) is 35.1. The third-order valence-electron chi connectivity index (χ3n) is 15.4. The van der Waals surface area contributed by atoms with E-state index >= 15 is 0 Å². The quantitative estimate of drug-likeness (QED) is 0.0261. The number of hydrogen-bond donors (Lipinski definition) is 0. The fourth-order valence-electron chi connectivity index (χ4n) is 10.2. The number of hydrogen-bond acceptors (Lipinski definition) is 6. The lowest BCUT2D eigenvalue weighted by Crippen LogP contribution is -2.30. The van der Waals surface area contributed by atoms with Crippen molar-refractivity contribution in [3.8, 4) is 0 Å². The summed E-state index contributed by atoms with van der Waals surface area (Å²) in [6.07, 6.45) is 91.8. The van der Waals surface area contributed by atoms with Gasteiger partial charge in [0.2, 0.25) is 0 Å². The van der Waals surface area contributed by atoms with Crippen molar-refractivity contribution >= 4 is 17.9 Å². The fraction of sp³-hybridized carbons (Fsp3) is 0.773. The smallest absolute Gasteiger partial charge is 0.306 e. The van der Waals surface area contributed by atoms with Crippen LogP contribution >= 0.6 is 0 Å². The number of carbonyl (C=O) groups excluding carboxylic acids is 3. The first kappa shape index (κ1) is 77.6. The Bertz CT molecular complexity index is 1530. The number of carbonyl (C=O) groups is 3. The van der Waals surface area contributed by atoms with E-state index in [1.807, 2.05) is 0 Å². The van der Waals surface area contributed by atoms with Crippen LogP contribution in [0.4, 0.5) is 0 Å². The normalized spacial score (nSPS) is 12.6. The van der Waals surface area contributed by atoms with Gasteiger partial charge in [-0.25, -0.2) is 0 Å². The van der Waals surface area contributed by atoms with Gasteiger partial charge in [0.15, 0.2) is 6.10 Å². The van der Waals surface area contributed by atoms with Crippen LogP contribution in [0.1, 0.15) is 355 Å². The Morgan fingerprint density at radius 2 is 0.506 bits per heavy atom. The van der Waals surface area contributed by atoms with Crippen LogP contribution in [0.2, 0.25) is 0 Å². The standard InChI is InChI=1S/C75H132O6/c1-4-7-10-13-16-19-22-25-27-29-31-33-34-35-36-37-38-39-40-42-43-45-47-50-53-56-59-62-65-68-74(77)80-71-72(70-79-73(76)67-64-61-58-55-52-49-24-21-18-15-12-9-6-3)81-75(78)69-66-63-60-57-54-51-48-46-44-41-32-30-28-26-23-20-17-14-11-8-5-2/h7,10,12,15-16,19,21,24-25,27,31,33,35-36,72H,4-6,8-9,11,13-14,17-18,20,22-23,26,28-30,32,34,37-71H2,1-3H3/b10-7-,15-12-,19-16-,24-21-,27-25-,33-31-,36-35-. The van der Waals surface area contributed by atoms with Crippen LogP contribution < -0.4 is 0 Å². The maximum atomic E-state index is 12.9. The maximum absolute atomic E-state index is 12.9. The van der Waals surface area contributed by atoms with Gasteiger partial charge in [0, 0.05) is 19.3 Å². The summed E-state index contributed by atoms with van der Waals surface area (Å²) in [5.74, 6) is -0.873. The van der Waals surface area contributed by atoms with Crippen molar-refractivity contribution in [1.82, 2.24) is 0 Å². The van der Waals surface area contributed by atoms with E-state index in [1.54, 1.807) is 0 Å². The van der Waals surface area contributed by atoms with Crippen LogP contribution in [-0.4, -0.2) is 37.2 Å². The van der Waals surface area contributed by atoms with Crippen molar-refractivity contribution in [1.29, 1.82) is 0 Å². The summed E-state index contributed by atoms with van der Waals surface area (Å²) in [5.41, 5.74) is 0. The second-order valence-electron chi connectivity index (χ2n) is 23.4. The summed E-state index contributed by atoms with van der Waals surface area (Å²) in [6.45, 7) is 6.50. The van der Waals surface area contributed by atoms with Crippen molar-refractivity contribution in [2.24, 2.45) is 0 Å². The summed E-state index contributed by atoms with van der Waals surface area (Å²) in [6, 6.07) is 0. The van der Waals surface area contributed by atoms with Gasteiger partial charge in [0.1, 0.15) is 13.2 Å². The van der Waals surface area contributed by atoms with Crippen molar-refractivity contribution in [3.05, 3.63) is 85.1 Å². The van der Waals surface area contributed by atoms with Crippen LogP contribution in [0.15, 0.2) is 85.1 Å². The second-order valence-corrected chi connectivity index (χ2v) is 23.4. The maximum Gasteiger partial charge on any atom is 0.306 e. The molecule has 81 heavy (non-hydrogen) atoms. The molecule has 0 aliphatic carbocycles. The minimum atomic E-state index is -0.782. The molecule has 0 fully saturated rings. The van der Waals surface area contributed by atoms with E-state index in [4.69, 9.17) is 14.2 Å². The van der Waals surface area contributed by atoms with Gasteiger partial charge < -0.3 is 14.2 Å². The first-order chi connectivity index (χ1) is 40.0. The molecule has 1 unspecified atom stereocenters. The number of unbranched alkanes of at least 4 members (excludes halogenated alkanes) is 39. The Hall–Kier alpha value is -3.41. The van der Waals surface area contributed by atoms with E-state index in [1.165, 1.54) is 199 Å². The molecule has 0 spiro atoms. The Labute approximate surface area is 503 Å². The van der Waals surface area contributed by atoms with Crippen LogP contribution in [0.5, 0.6) is 0 Å². The van der Waals surface area contributed by atoms with Gasteiger partial charge in [-0.1, -0.05) is 331 Å². The molecule has 0 N–H and O–H groups in total. The van der Waals surface area contributed by atoms with E-state index < -0.39 is 6.10 Å². The molecule has 6 heteroatoms. The lowest BCUT2D eigenvalue weighted by molar-refractivity contribution is -0.167. The number of rotatable bonds is 64. The summed E-state index contributed by atoms with van der Waals surface area (Å²) < 4.78 is 17.0. The van der Waals surface area contributed by atoms with Gasteiger partial charge in [0.05, 0.1) is 0 Å². The van der Waals surface area contributed by atoms with E-state index in [0.29, 0.717) is 19.3 Å². The molecule has 0 aromatic carbocycles. The Balaban J connectivity index is 4.24. The summed E-state index contributed by atoms with van der Waals surface area (Å²) in [4.78, 5) is 38.4. The minimum Gasteiger partial charge on any atom is -0.462 e. The molecule has 0 aromatic heterocycles. The number of ether oxygens (including phenoxy) is 3. The van der Waals surface area contributed by atoms with E-state index in [-0.39, 0.29) is 31.1 Å². The molecule has 1 atom stereocenters. The highest BCUT2D eigenvalue weighted by molar-refractivity contribution is 5.71. The van der Waals surface area contributed by atoms with E-state index in [9.17, 15) is 14.4 Å². The molecule has 0 saturated heterocycles. The average Bonchev–Trinajstić information content (AvgIpc) is 3.46. The van der Waals surface area contributed by atoms with Crippen molar-refractivity contribution in [2.45, 2.75) is 361 Å². The molecule has 0 aromatic rings. The lowest BCUT2D eigenvalue weighted by Gasteiger charge is -2.18. The van der Waals surface area contributed by atoms with Crippen LogP contribution in [0, 0.1) is 0 Å². The van der Waals surface area contributed by atoms with Crippen molar-refractivity contribution in [2.75, 3.05) is 13.2 Å². The summed E-state index contributed by atoms with van der Waals surface area (Å²) in [7, 11) is 0. The Kier molecular flexibility index (Phi) is 66.2. The van der Waals surface area contributed by atoms with Crippen LogP contribution in [0.25, 0.3) is 0 Å². The fourth-order valence-corrected chi connectivity index (χ4v) is 10.2. The number of allylic oxidation sites excluding steroid dienone is 14. The number of esters is 3. The van der Waals surface area contributed by atoms with Gasteiger partial charge >= 0.3 is 17.9 Å².